The van der Waals surface area contributed by atoms with E-state index in [2.05, 4.69) is 29.2 Å². The molecule has 2 atom stereocenters. The summed E-state index contributed by atoms with van der Waals surface area (Å²) in [5.74, 6) is 1.59. The van der Waals surface area contributed by atoms with Gasteiger partial charge in [-0.2, -0.15) is 0 Å². The average molecular weight is 234 g/mol. The minimum absolute atomic E-state index is 0.515. The molecule has 0 aliphatic carbocycles. The summed E-state index contributed by atoms with van der Waals surface area (Å²) in [7, 11) is 2.18. The Morgan fingerprint density at radius 2 is 2.29 bits per heavy atom. The maximum Gasteiger partial charge on any atom is 0.126 e. The van der Waals surface area contributed by atoms with Gasteiger partial charge in [-0.15, -0.1) is 0 Å². The molecular formula is C13H22N4. The van der Waals surface area contributed by atoms with Crippen LogP contribution in [0.4, 0.5) is 11.5 Å². The number of piperidine rings is 1. The lowest BCUT2D eigenvalue weighted by molar-refractivity contribution is 0.206. The van der Waals surface area contributed by atoms with Crippen LogP contribution in [0.3, 0.4) is 0 Å². The van der Waals surface area contributed by atoms with Gasteiger partial charge in [0.25, 0.3) is 0 Å². The van der Waals surface area contributed by atoms with Gasteiger partial charge in [0.05, 0.1) is 11.9 Å². The monoisotopic (exact) mass is 234 g/mol. The zero-order chi connectivity index (χ0) is 12.4. The smallest absolute Gasteiger partial charge is 0.126 e. The summed E-state index contributed by atoms with van der Waals surface area (Å²) >= 11 is 0. The van der Waals surface area contributed by atoms with E-state index in [1.165, 1.54) is 6.42 Å². The Kier molecular flexibility index (Phi) is 3.52. The molecule has 2 unspecified atom stereocenters. The van der Waals surface area contributed by atoms with Crippen LogP contribution in [0.2, 0.25) is 0 Å². The van der Waals surface area contributed by atoms with E-state index >= 15 is 0 Å². The van der Waals surface area contributed by atoms with Gasteiger partial charge in [-0.05, 0) is 44.5 Å². The largest absolute Gasteiger partial charge is 0.397 e. The van der Waals surface area contributed by atoms with Crippen LogP contribution in [-0.4, -0.2) is 36.1 Å². The van der Waals surface area contributed by atoms with Gasteiger partial charge >= 0.3 is 0 Å². The molecule has 0 spiro atoms. The van der Waals surface area contributed by atoms with Crippen molar-refractivity contribution in [3.63, 3.8) is 0 Å². The number of hydrogen-bond donors (Lipinski definition) is 2. The summed E-state index contributed by atoms with van der Waals surface area (Å²) in [5.41, 5.74) is 7.61. The molecule has 2 rings (SSSR count). The van der Waals surface area contributed by atoms with Gasteiger partial charge in [-0.25, -0.2) is 4.98 Å². The lowest BCUT2D eigenvalue weighted by Gasteiger charge is -2.35. The van der Waals surface area contributed by atoms with Gasteiger partial charge in [0, 0.05) is 12.6 Å². The predicted octanol–water partition coefficient (Wildman–Crippen LogP) is 1.72. The highest BCUT2D eigenvalue weighted by molar-refractivity contribution is 5.51. The van der Waals surface area contributed by atoms with Crippen LogP contribution in [-0.2, 0) is 0 Å². The predicted molar refractivity (Wildman–Crippen MR) is 72.1 cm³/mol. The van der Waals surface area contributed by atoms with E-state index in [1.54, 1.807) is 6.20 Å². The third-order valence-corrected chi connectivity index (χ3v) is 3.59. The molecule has 4 heteroatoms. The number of aryl methyl sites for hydroxylation is 1. The summed E-state index contributed by atoms with van der Waals surface area (Å²) in [6.45, 7) is 6.60. The van der Waals surface area contributed by atoms with Crippen molar-refractivity contribution < 1.29 is 0 Å². The summed E-state index contributed by atoms with van der Waals surface area (Å²) in [5, 5.41) is 3.53. The van der Waals surface area contributed by atoms with Crippen molar-refractivity contribution in [2.75, 3.05) is 31.2 Å². The highest BCUT2D eigenvalue weighted by Gasteiger charge is 2.24. The molecule has 17 heavy (non-hydrogen) atoms. The van der Waals surface area contributed by atoms with Crippen LogP contribution >= 0.6 is 0 Å². The standard InChI is InChI=1S/C13H22N4/c1-9-6-13(15-7-11(9)14)16-12-4-5-17(3)8-10(12)2/h6-7,10,12H,4-5,8,14H2,1-3H3,(H,15,16). The van der Waals surface area contributed by atoms with Crippen LogP contribution in [0.1, 0.15) is 18.9 Å². The molecule has 0 aromatic carbocycles. The van der Waals surface area contributed by atoms with Gasteiger partial charge in [-0.1, -0.05) is 6.92 Å². The van der Waals surface area contributed by atoms with E-state index in [0.29, 0.717) is 12.0 Å². The molecule has 0 amide bonds. The molecule has 3 N–H and O–H groups in total. The second kappa shape index (κ2) is 4.92. The fraction of sp³-hybridized carbons (Fsp3) is 0.615. The topological polar surface area (TPSA) is 54.2 Å². The number of likely N-dealkylation sites (tertiary alicyclic amines) is 1. The minimum atomic E-state index is 0.515. The maximum absolute atomic E-state index is 5.77. The fourth-order valence-electron chi connectivity index (χ4n) is 2.40. The number of anilines is 2. The van der Waals surface area contributed by atoms with Crippen LogP contribution in [0.25, 0.3) is 0 Å². The van der Waals surface area contributed by atoms with E-state index < -0.39 is 0 Å². The zero-order valence-electron chi connectivity index (χ0n) is 10.9. The molecule has 1 aromatic heterocycles. The Hall–Kier alpha value is -1.29. The second-order valence-electron chi connectivity index (χ2n) is 5.21. The highest BCUT2D eigenvalue weighted by atomic mass is 15.1. The zero-order valence-corrected chi connectivity index (χ0v) is 10.9. The number of nitrogens with zero attached hydrogens (tertiary/aromatic N) is 2. The molecular weight excluding hydrogens is 212 g/mol. The molecule has 1 fully saturated rings. The number of nitrogens with one attached hydrogen (secondary N) is 1. The van der Waals surface area contributed by atoms with Crippen LogP contribution in [0.15, 0.2) is 12.3 Å². The summed E-state index contributed by atoms with van der Waals surface area (Å²) in [4.78, 5) is 6.72. The summed E-state index contributed by atoms with van der Waals surface area (Å²) in [6, 6.07) is 2.54. The normalized spacial score (nSPS) is 25.8. The third kappa shape index (κ3) is 2.88. The number of nitrogens with two attached hydrogens (primary N) is 1. The average Bonchev–Trinajstić information content (AvgIpc) is 2.27. The Balaban J connectivity index is 2.02. The molecule has 0 bridgehead atoms. The Morgan fingerprint density at radius 1 is 1.53 bits per heavy atom. The van der Waals surface area contributed by atoms with Crippen molar-refractivity contribution in [3.8, 4) is 0 Å². The van der Waals surface area contributed by atoms with Gasteiger partial charge in [0.1, 0.15) is 5.82 Å². The van der Waals surface area contributed by atoms with Crippen molar-refractivity contribution in [2.24, 2.45) is 5.92 Å². The second-order valence-corrected chi connectivity index (χ2v) is 5.21. The van der Waals surface area contributed by atoms with Crippen molar-refractivity contribution in [3.05, 3.63) is 17.8 Å². The molecule has 0 radical (unpaired) electrons. The lowest BCUT2D eigenvalue weighted by Crippen LogP contribution is -2.43. The first-order valence-electron chi connectivity index (χ1n) is 6.23. The lowest BCUT2D eigenvalue weighted by atomic mass is 9.94. The van der Waals surface area contributed by atoms with E-state index in [4.69, 9.17) is 5.73 Å². The Labute approximate surface area is 103 Å². The highest BCUT2D eigenvalue weighted by Crippen LogP contribution is 2.21. The van der Waals surface area contributed by atoms with E-state index in [1.807, 2.05) is 13.0 Å². The Morgan fingerprint density at radius 3 is 2.94 bits per heavy atom. The number of nitrogen functional groups attached to an aromatic ring is 1. The fourth-order valence-corrected chi connectivity index (χ4v) is 2.40. The van der Waals surface area contributed by atoms with E-state index in [0.717, 1.165) is 30.2 Å². The van der Waals surface area contributed by atoms with Gasteiger partial charge in [0.15, 0.2) is 0 Å². The molecule has 1 aliphatic rings. The van der Waals surface area contributed by atoms with Crippen LogP contribution in [0.5, 0.6) is 0 Å². The SMILES string of the molecule is Cc1cc(NC2CCN(C)CC2C)ncc1N. The van der Waals surface area contributed by atoms with Gasteiger partial charge < -0.3 is 16.0 Å². The Bertz CT molecular complexity index is 391. The number of rotatable bonds is 2. The van der Waals surface area contributed by atoms with E-state index in [-0.39, 0.29) is 0 Å². The molecule has 0 saturated carbocycles. The third-order valence-electron chi connectivity index (χ3n) is 3.59. The molecule has 1 aliphatic heterocycles. The van der Waals surface area contributed by atoms with Crippen LogP contribution < -0.4 is 11.1 Å². The van der Waals surface area contributed by atoms with E-state index in [9.17, 15) is 0 Å². The minimum Gasteiger partial charge on any atom is -0.397 e. The summed E-state index contributed by atoms with van der Waals surface area (Å²) < 4.78 is 0. The first-order valence-corrected chi connectivity index (χ1v) is 6.23. The van der Waals surface area contributed by atoms with Crippen LogP contribution in [0, 0.1) is 12.8 Å². The number of pyridine rings is 1. The molecule has 2 heterocycles. The van der Waals surface area contributed by atoms with Crippen molar-refractivity contribution in [1.29, 1.82) is 0 Å². The first-order chi connectivity index (χ1) is 8.06. The molecule has 4 nitrogen and oxygen atoms in total. The van der Waals surface area contributed by atoms with Crippen molar-refractivity contribution in [1.82, 2.24) is 9.88 Å². The van der Waals surface area contributed by atoms with Gasteiger partial charge in [-0.3, -0.25) is 0 Å². The van der Waals surface area contributed by atoms with Gasteiger partial charge in [0.2, 0.25) is 0 Å². The molecule has 94 valence electrons. The quantitative estimate of drug-likeness (QED) is 0.818. The molecule has 1 saturated heterocycles. The number of hydrogen-bond acceptors (Lipinski definition) is 4. The summed E-state index contributed by atoms with van der Waals surface area (Å²) in [6.07, 6.45) is 2.90. The van der Waals surface area contributed by atoms with Crippen molar-refractivity contribution >= 4 is 11.5 Å². The molecule has 1 aromatic rings. The first kappa shape index (κ1) is 12.2. The maximum atomic E-state index is 5.77. The number of aromatic nitrogens is 1. The van der Waals surface area contributed by atoms with Crippen molar-refractivity contribution in [2.45, 2.75) is 26.3 Å².